The van der Waals surface area contributed by atoms with Gasteiger partial charge in [-0.3, -0.25) is 19.2 Å². The minimum Gasteiger partial charge on any atom is -0.344 e. The highest BCUT2D eigenvalue weighted by Gasteiger charge is 2.70. The highest BCUT2D eigenvalue weighted by molar-refractivity contribution is 6.38. The summed E-state index contributed by atoms with van der Waals surface area (Å²) in [5.41, 5.74) is -0.943. The molecule has 4 rings (SSSR count). The second kappa shape index (κ2) is 13.3. The molecule has 9 heteroatoms. The first-order valence-corrected chi connectivity index (χ1v) is 16.9. The molecule has 0 radical (unpaired) electrons. The van der Waals surface area contributed by atoms with Crippen molar-refractivity contribution in [3.05, 3.63) is 0 Å². The number of fused-ring (bicyclic) bond motifs is 3. The van der Waals surface area contributed by atoms with Crippen LogP contribution in [0.15, 0.2) is 0 Å². The molecule has 0 spiro atoms. The van der Waals surface area contributed by atoms with Crippen molar-refractivity contribution < 1.29 is 24.0 Å². The van der Waals surface area contributed by atoms with Crippen LogP contribution in [0.3, 0.4) is 0 Å². The molecule has 0 aromatic heterocycles. The Bertz CT molecular complexity index is 1080. The summed E-state index contributed by atoms with van der Waals surface area (Å²) in [6.45, 7) is 12.1. The summed E-state index contributed by atoms with van der Waals surface area (Å²) in [4.78, 5) is 68.6. The van der Waals surface area contributed by atoms with E-state index in [0.717, 1.165) is 77.0 Å². The van der Waals surface area contributed by atoms with Crippen molar-refractivity contribution in [3.63, 3.8) is 0 Å². The maximum absolute atomic E-state index is 14.5. The van der Waals surface area contributed by atoms with Crippen molar-refractivity contribution in [1.29, 1.82) is 0 Å². The van der Waals surface area contributed by atoms with Crippen LogP contribution in [0.2, 0.25) is 0 Å². The molecule has 9 nitrogen and oxygen atoms in total. The van der Waals surface area contributed by atoms with E-state index in [9.17, 15) is 24.0 Å². The molecule has 2 unspecified atom stereocenters. The third-order valence-electron chi connectivity index (χ3n) is 11.2. The molecule has 2 saturated heterocycles. The van der Waals surface area contributed by atoms with Crippen LogP contribution in [0.4, 0.5) is 4.79 Å². The normalized spacial score (nSPS) is 32.8. The maximum atomic E-state index is 14.5. The number of amides is 4. The summed E-state index contributed by atoms with van der Waals surface area (Å²) in [7, 11) is 0. The third-order valence-corrected chi connectivity index (χ3v) is 11.2. The zero-order chi connectivity index (χ0) is 31.6. The van der Waals surface area contributed by atoms with Gasteiger partial charge in [0.1, 0.15) is 12.1 Å². The predicted octanol–water partition coefficient (Wildman–Crippen LogP) is 5.05. The standard InChI is InChI=1S/C34H56N4O5/c1-22(39)27(40)24-17-13-10-8-7-9-11-14-18-32(2,3)28(36-31(43)37-34(6)19-15-12-16-20-34)30(42)38-21-23-25(33(23,4)5)26(38)29(41)35-24/h23-26,28H,7-21H2,1-6H3,(H,35,41)(H2,36,37,43)/t23?,24-,25?,26-,28+/m0/s1. The van der Waals surface area contributed by atoms with Gasteiger partial charge < -0.3 is 20.9 Å². The highest BCUT2D eigenvalue weighted by atomic mass is 16.2. The first-order valence-electron chi connectivity index (χ1n) is 16.9. The lowest BCUT2D eigenvalue weighted by Crippen LogP contribution is -2.63. The molecular weight excluding hydrogens is 544 g/mol. The summed E-state index contributed by atoms with van der Waals surface area (Å²) >= 11 is 0. The summed E-state index contributed by atoms with van der Waals surface area (Å²) in [6, 6.07) is -2.77. The third kappa shape index (κ3) is 7.62. The molecular formula is C34H56N4O5. The SMILES string of the molecule is CC(=O)C(=O)[C@@H]1CCCCCCCCCC(C)(C)[C@H](NC(=O)NC2(C)CCCCC2)C(=O)N2CC3C([C@H]2C(=O)N1)C3(C)C. The molecule has 5 atom stereocenters. The van der Waals surface area contributed by atoms with Gasteiger partial charge in [0.15, 0.2) is 5.78 Å². The number of carbonyl (C=O) groups is 5. The summed E-state index contributed by atoms with van der Waals surface area (Å²) in [6.07, 6.45) is 13.2. The second-order valence-corrected chi connectivity index (χ2v) is 15.5. The number of nitrogens with one attached hydrogen (secondary N) is 3. The number of ketones is 2. The fourth-order valence-corrected chi connectivity index (χ4v) is 8.20. The van der Waals surface area contributed by atoms with Gasteiger partial charge in [-0.15, -0.1) is 0 Å². The van der Waals surface area contributed by atoms with Gasteiger partial charge in [-0.05, 0) is 55.3 Å². The smallest absolute Gasteiger partial charge is 0.315 e. The summed E-state index contributed by atoms with van der Waals surface area (Å²) in [5, 5.41) is 9.19. The van der Waals surface area contributed by atoms with E-state index in [1.807, 2.05) is 13.8 Å². The van der Waals surface area contributed by atoms with Crippen LogP contribution in [0.25, 0.3) is 0 Å². The quantitative estimate of drug-likeness (QED) is 0.390. The number of carbonyl (C=O) groups excluding carboxylic acids is 5. The van der Waals surface area contributed by atoms with Gasteiger partial charge in [0, 0.05) is 19.0 Å². The van der Waals surface area contributed by atoms with Crippen LogP contribution in [-0.4, -0.2) is 64.5 Å². The first-order chi connectivity index (χ1) is 20.2. The molecule has 43 heavy (non-hydrogen) atoms. The lowest BCUT2D eigenvalue weighted by Gasteiger charge is -2.41. The van der Waals surface area contributed by atoms with Crippen molar-refractivity contribution in [3.8, 4) is 0 Å². The van der Waals surface area contributed by atoms with Gasteiger partial charge in [0.2, 0.25) is 17.6 Å². The average molecular weight is 601 g/mol. The molecule has 3 N–H and O–H groups in total. The van der Waals surface area contributed by atoms with Crippen LogP contribution >= 0.6 is 0 Å². The van der Waals surface area contributed by atoms with Crippen molar-refractivity contribution in [1.82, 2.24) is 20.9 Å². The fourth-order valence-electron chi connectivity index (χ4n) is 8.20. The van der Waals surface area contributed by atoms with Gasteiger partial charge in [-0.25, -0.2) is 4.79 Å². The number of hydrogen-bond donors (Lipinski definition) is 3. The summed E-state index contributed by atoms with van der Waals surface area (Å²) < 4.78 is 0. The topological polar surface area (TPSA) is 125 Å². The van der Waals surface area contributed by atoms with E-state index in [-0.39, 0.29) is 40.6 Å². The molecule has 2 aliphatic carbocycles. The molecule has 4 aliphatic rings. The van der Waals surface area contributed by atoms with E-state index in [4.69, 9.17) is 0 Å². The number of hydrogen-bond acceptors (Lipinski definition) is 5. The average Bonchev–Trinajstić information content (AvgIpc) is 3.25. The van der Waals surface area contributed by atoms with Gasteiger partial charge in [0.25, 0.3) is 0 Å². The van der Waals surface area contributed by atoms with E-state index in [2.05, 4.69) is 36.7 Å². The largest absolute Gasteiger partial charge is 0.344 e. The van der Waals surface area contributed by atoms with E-state index < -0.39 is 35.1 Å². The zero-order valence-electron chi connectivity index (χ0n) is 27.5. The van der Waals surface area contributed by atoms with Crippen molar-refractivity contribution in [2.24, 2.45) is 22.7 Å². The number of rotatable bonds is 4. The van der Waals surface area contributed by atoms with E-state index >= 15 is 0 Å². The number of urea groups is 1. The Hall–Kier alpha value is -2.45. The van der Waals surface area contributed by atoms with Gasteiger partial charge >= 0.3 is 6.03 Å². The first kappa shape index (κ1) is 33.4. The van der Waals surface area contributed by atoms with E-state index in [1.54, 1.807) is 4.90 Å². The van der Waals surface area contributed by atoms with Crippen molar-refractivity contribution in [2.45, 2.75) is 155 Å². The molecule has 0 bridgehead atoms. The van der Waals surface area contributed by atoms with E-state index in [0.29, 0.717) is 13.0 Å². The zero-order valence-corrected chi connectivity index (χ0v) is 27.5. The predicted molar refractivity (Wildman–Crippen MR) is 166 cm³/mol. The molecule has 2 aliphatic heterocycles. The molecule has 0 aromatic rings. The molecule has 242 valence electrons. The van der Waals surface area contributed by atoms with E-state index in [1.165, 1.54) is 13.3 Å². The monoisotopic (exact) mass is 600 g/mol. The maximum Gasteiger partial charge on any atom is 0.315 e. The van der Waals surface area contributed by atoms with Crippen LogP contribution in [0.1, 0.15) is 131 Å². The van der Waals surface area contributed by atoms with Crippen molar-refractivity contribution >= 4 is 29.4 Å². The van der Waals surface area contributed by atoms with Gasteiger partial charge in [0.05, 0.1) is 6.04 Å². The van der Waals surface area contributed by atoms with Gasteiger partial charge in [-0.1, -0.05) is 91.9 Å². The lowest BCUT2D eigenvalue weighted by molar-refractivity contribution is -0.145. The Balaban J connectivity index is 1.62. The molecule has 4 fully saturated rings. The Morgan fingerprint density at radius 1 is 0.814 bits per heavy atom. The molecule has 2 saturated carbocycles. The number of piperidine rings is 1. The minimum atomic E-state index is -0.883. The minimum absolute atomic E-state index is 0.0367. The Morgan fingerprint density at radius 2 is 1.37 bits per heavy atom. The Morgan fingerprint density at radius 3 is 2.00 bits per heavy atom. The van der Waals surface area contributed by atoms with Crippen LogP contribution in [0, 0.1) is 22.7 Å². The van der Waals surface area contributed by atoms with Gasteiger partial charge in [-0.2, -0.15) is 0 Å². The van der Waals surface area contributed by atoms with Crippen LogP contribution in [0.5, 0.6) is 0 Å². The highest BCUT2D eigenvalue weighted by Crippen LogP contribution is 2.65. The number of nitrogens with zero attached hydrogens (tertiary/aromatic N) is 1. The summed E-state index contributed by atoms with van der Waals surface area (Å²) in [5.74, 6) is -1.63. The second-order valence-electron chi connectivity index (χ2n) is 15.5. The van der Waals surface area contributed by atoms with Crippen LogP contribution < -0.4 is 16.0 Å². The fraction of sp³-hybridized carbons (Fsp3) is 0.853. The molecule has 2 heterocycles. The lowest BCUT2D eigenvalue weighted by atomic mass is 9.78. The molecule has 4 amide bonds. The Kier molecular flexibility index (Phi) is 10.3. The van der Waals surface area contributed by atoms with Crippen molar-refractivity contribution in [2.75, 3.05) is 6.54 Å². The Labute approximate surface area is 258 Å². The van der Waals surface area contributed by atoms with Crippen LogP contribution in [-0.2, 0) is 19.2 Å². The molecule has 0 aromatic carbocycles. The number of Topliss-reactive ketones (excluding diaryl/α,β-unsaturated/α-hetero) is 2.